The molecule has 0 spiro atoms. The van der Waals surface area contributed by atoms with E-state index in [4.69, 9.17) is 0 Å². The second-order valence-corrected chi connectivity index (χ2v) is 6.04. The van der Waals surface area contributed by atoms with Gasteiger partial charge in [-0.15, -0.1) is 0 Å². The quantitative estimate of drug-likeness (QED) is 0.520. The summed E-state index contributed by atoms with van der Waals surface area (Å²) >= 11 is 0. The van der Waals surface area contributed by atoms with Crippen molar-refractivity contribution < 1.29 is 0 Å². The van der Waals surface area contributed by atoms with Gasteiger partial charge in [0.1, 0.15) is 11.5 Å². The molecule has 5 aromatic rings. The Balaban J connectivity index is 1.71. The predicted octanol–water partition coefficient (Wildman–Crippen LogP) is 3.21. The lowest BCUT2D eigenvalue weighted by Crippen LogP contribution is -1.95. The Bertz CT molecular complexity index is 1190. The minimum Gasteiger partial charge on any atom is -0.337 e. The number of fused-ring (bicyclic) bond motifs is 2. The first kappa shape index (κ1) is 13.9. The molecule has 0 fully saturated rings. The number of nitrogens with zero attached hydrogens (tertiary/aromatic N) is 5. The number of benzene rings is 1. The number of hydrogen-bond acceptors (Lipinski definition) is 4. The maximum absolute atomic E-state index is 4.65. The highest BCUT2D eigenvalue weighted by molar-refractivity contribution is 5.94. The zero-order chi connectivity index (χ0) is 17.0. The van der Waals surface area contributed by atoms with Gasteiger partial charge in [0.25, 0.3) is 0 Å². The van der Waals surface area contributed by atoms with Crippen molar-refractivity contribution in [2.75, 3.05) is 0 Å². The van der Waals surface area contributed by atoms with Crippen LogP contribution in [-0.2, 0) is 7.05 Å². The number of aromatic amines is 2. The van der Waals surface area contributed by atoms with E-state index in [-0.39, 0.29) is 0 Å². The molecule has 7 nitrogen and oxygen atoms in total. The van der Waals surface area contributed by atoms with Crippen LogP contribution in [0.2, 0.25) is 0 Å². The maximum Gasteiger partial charge on any atom is 0.159 e. The summed E-state index contributed by atoms with van der Waals surface area (Å²) in [7, 11) is 1.99. The van der Waals surface area contributed by atoms with Crippen molar-refractivity contribution in [3.8, 4) is 22.9 Å². The van der Waals surface area contributed by atoms with Crippen LogP contribution in [-0.4, -0.2) is 34.7 Å². The maximum atomic E-state index is 4.65. The van der Waals surface area contributed by atoms with Gasteiger partial charge >= 0.3 is 0 Å². The topological polar surface area (TPSA) is 88.1 Å². The third-order valence-electron chi connectivity index (χ3n) is 4.54. The summed E-state index contributed by atoms with van der Waals surface area (Å²) in [5.74, 6) is 1.69. The number of hydrogen-bond donors (Lipinski definition) is 2. The number of rotatable bonds is 2. The molecule has 1 aromatic carbocycles. The molecule has 0 bridgehead atoms. The highest BCUT2D eigenvalue weighted by Gasteiger charge is 2.15. The first-order valence-electron chi connectivity index (χ1n) is 7.98. The van der Waals surface area contributed by atoms with Crippen LogP contribution in [0.4, 0.5) is 0 Å². The molecule has 2 N–H and O–H groups in total. The molecular weight excluding hydrogens is 314 g/mol. The lowest BCUT2D eigenvalue weighted by molar-refractivity contribution is 0.862. The molecule has 122 valence electrons. The molecule has 0 aliphatic carbocycles. The molecule has 0 saturated heterocycles. The van der Waals surface area contributed by atoms with Crippen LogP contribution in [0, 0.1) is 6.92 Å². The van der Waals surface area contributed by atoms with Crippen LogP contribution in [0.5, 0.6) is 0 Å². The van der Waals surface area contributed by atoms with Crippen LogP contribution in [0.25, 0.3) is 44.8 Å². The highest BCUT2D eigenvalue weighted by Crippen LogP contribution is 2.28. The van der Waals surface area contributed by atoms with E-state index >= 15 is 0 Å². The standard InChI is InChI=1S/C18H15N7/c1-10-19-9-16(25(10)2)14-7-11-15(8-20-14)23-24-17(11)18-21-12-5-3-4-6-13(12)22-18/h3-9H,1-2H3,(H,21,22)(H,23,24). The molecule has 0 unspecified atom stereocenters. The molecule has 25 heavy (non-hydrogen) atoms. The van der Waals surface area contributed by atoms with Gasteiger partial charge in [-0.05, 0) is 25.1 Å². The normalized spacial score (nSPS) is 11.6. The van der Waals surface area contributed by atoms with Crippen LogP contribution < -0.4 is 0 Å². The van der Waals surface area contributed by atoms with E-state index in [0.717, 1.165) is 50.7 Å². The number of aryl methyl sites for hydroxylation is 1. The molecule has 0 radical (unpaired) electrons. The zero-order valence-corrected chi connectivity index (χ0v) is 13.8. The van der Waals surface area contributed by atoms with Crippen molar-refractivity contribution in [1.82, 2.24) is 34.7 Å². The molecule has 0 atom stereocenters. The summed E-state index contributed by atoms with van der Waals surface area (Å²) in [5, 5.41) is 8.45. The number of H-pyrrole nitrogens is 2. The fourth-order valence-corrected chi connectivity index (χ4v) is 3.04. The van der Waals surface area contributed by atoms with Crippen LogP contribution in [0.3, 0.4) is 0 Å². The van der Waals surface area contributed by atoms with Gasteiger partial charge in [-0.3, -0.25) is 10.1 Å². The van der Waals surface area contributed by atoms with Crippen molar-refractivity contribution >= 4 is 21.9 Å². The molecule has 4 aromatic heterocycles. The van der Waals surface area contributed by atoms with E-state index < -0.39 is 0 Å². The molecular formula is C18H15N7. The Kier molecular flexibility index (Phi) is 2.79. The van der Waals surface area contributed by atoms with Crippen LogP contribution >= 0.6 is 0 Å². The summed E-state index contributed by atoms with van der Waals surface area (Å²) in [4.78, 5) is 16.9. The lowest BCUT2D eigenvalue weighted by atomic mass is 10.2. The van der Waals surface area contributed by atoms with Crippen molar-refractivity contribution in [3.63, 3.8) is 0 Å². The molecule has 0 aliphatic heterocycles. The zero-order valence-electron chi connectivity index (χ0n) is 13.8. The SMILES string of the molecule is Cc1ncc(-c2cc3c(-c4nc5ccccc5[nH]4)n[nH]c3cn2)n1C. The van der Waals surface area contributed by atoms with Gasteiger partial charge in [0.15, 0.2) is 5.82 Å². The van der Waals surface area contributed by atoms with Gasteiger partial charge in [-0.25, -0.2) is 9.97 Å². The summed E-state index contributed by atoms with van der Waals surface area (Å²) in [6, 6.07) is 9.97. The average molecular weight is 329 g/mol. The number of aromatic nitrogens is 7. The Morgan fingerprint density at radius 2 is 1.92 bits per heavy atom. The van der Waals surface area contributed by atoms with Crippen molar-refractivity contribution in [2.24, 2.45) is 7.05 Å². The van der Waals surface area contributed by atoms with E-state index in [9.17, 15) is 0 Å². The van der Waals surface area contributed by atoms with Gasteiger partial charge in [-0.2, -0.15) is 5.10 Å². The third-order valence-corrected chi connectivity index (χ3v) is 4.54. The van der Waals surface area contributed by atoms with Crippen molar-refractivity contribution in [2.45, 2.75) is 6.92 Å². The molecule has 0 amide bonds. The van der Waals surface area contributed by atoms with Gasteiger partial charge in [0.2, 0.25) is 0 Å². The van der Waals surface area contributed by atoms with Gasteiger partial charge < -0.3 is 9.55 Å². The van der Waals surface area contributed by atoms with Crippen molar-refractivity contribution in [1.29, 1.82) is 0 Å². The monoisotopic (exact) mass is 329 g/mol. The number of imidazole rings is 2. The van der Waals surface area contributed by atoms with Crippen LogP contribution in [0.1, 0.15) is 5.82 Å². The first-order chi connectivity index (χ1) is 12.2. The number of nitrogens with one attached hydrogen (secondary N) is 2. The lowest BCUT2D eigenvalue weighted by Gasteiger charge is -2.03. The minimum absolute atomic E-state index is 0.741. The number of para-hydroxylation sites is 2. The van der Waals surface area contributed by atoms with E-state index in [1.807, 2.05) is 55.1 Å². The molecule has 4 heterocycles. The smallest absolute Gasteiger partial charge is 0.159 e. The van der Waals surface area contributed by atoms with E-state index in [0.29, 0.717) is 0 Å². The average Bonchev–Trinajstić information content (AvgIpc) is 3.31. The molecule has 0 aliphatic rings. The summed E-state index contributed by atoms with van der Waals surface area (Å²) in [6.07, 6.45) is 3.64. The Labute approximate surface area is 142 Å². The fourth-order valence-electron chi connectivity index (χ4n) is 3.04. The Hall–Kier alpha value is -3.48. The van der Waals surface area contributed by atoms with Crippen LogP contribution in [0.15, 0.2) is 42.7 Å². The van der Waals surface area contributed by atoms with Gasteiger partial charge in [0.05, 0.1) is 40.3 Å². The third kappa shape index (κ3) is 2.06. The molecule has 7 heteroatoms. The van der Waals surface area contributed by atoms with E-state index in [2.05, 4.69) is 30.1 Å². The second-order valence-electron chi connectivity index (χ2n) is 6.04. The van der Waals surface area contributed by atoms with Gasteiger partial charge in [0, 0.05) is 12.4 Å². The van der Waals surface area contributed by atoms with Gasteiger partial charge in [-0.1, -0.05) is 12.1 Å². The minimum atomic E-state index is 0.741. The number of pyridine rings is 1. The summed E-state index contributed by atoms with van der Waals surface area (Å²) in [6.45, 7) is 1.97. The fraction of sp³-hybridized carbons (Fsp3) is 0.111. The largest absolute Gasteiger partial charge is 0.337 e. The summed E-state index contributed by atoms with van der Waals surface area (Å²) in [5.41, 5.74) is 5.40. The Morgan fingerprint density at radius 3 is 2.72 bits per heavy atom. The van der Waals surface area contributed by atoms with E-state index in [1.54, 1.807) is 6.20 Å². The van der Waals surface area contributed by atoms with Crippen molar-refractivity contribution in [3.05, 3.63) is 48.5 Å². The van der Waals surface area contributed by atoms with E-state index in [1.165, 1.54) is 0 Å². The predicted molar refractivity (Wildman–Crippen MR) is 95.9 cm³/mol. The summed E-state index contributed by atoms with van der Waals surface area (Å²) < 4.78 is 2.02. The Morgan fingerprint density at radius 1 is 1.04 bits per heavy atom. The second kappa shape index (κ2) is 5.01. The molecule has 5 rings (SSSR count). The highest BCUT2D eigenvalue weighted by atomic mass is 15.1. The molecule has 0 saturated carbocycles. The first-order valence-corrected chi connectivity index (χ1v) is 7.98.